The molecule has 0 amide bonds. The van der Waals surface area contributed by atoms with Gasteiger partial charge in [-0.25, -0.2) is 0 Å². The highest BCUT2D eigenvalue weighted by atomic mass is 79.9. The van der Waals surface area contributed by atoms with Crippen molar-refractivity contribution < 1.29 is 0 Å². The van der Waals surface area contributed by atoms with E-state index in [2.05, 4.69) is 86.2 Å². The van der Waals surface area contributed by atoms with Gasteiger partial charge in [-0.05, 0) is 51.7 Å². The van der Waals surface area contributed by atoms with Crippen LogP contribution in [0.4, 0.5) is 5.95 Å². The molecule has 1 N–H and O–H groups in total. The summed E-state index contributed by atoms with van der Waals surface area (Å²) in [6, 6.07) is 16.7. The summed E-state index contributed by atoms with van der Waals surface area (Å²) < 4.78 is 2.83. The second-order valence-corrected chi connectivity index (χ2v) is 6.62. The lowest BCUT2D eigenvalue weighted by molar-refractivity contribution is 0.585. The van der Waals surface area contributed by atoms with E-state index in [1.165, 1.54) is 5.56 Å². The highest BCUT2D eigenvalue weighted by Gasteiger charge is 2.24. The van der Waals surface area contributed by atoms with Gasteiger partial charge in [0.25, 0.3) is 0 Å². The number of hydrogen-bond acceptors (Lipinski definition) is 4. The standard InChI is InChI=1S/C18H16BrN5/c1-2-12-6-8-13(9-7-12)16-11-17(14-4-3-5-15(19)10-14)24-18(20-16)21-22-23-24/h3-11,17H,2H2,1H3,(H,20,21,23). The maximum atomic E-state index is 4.13. The Morgan fingerprint density at radius 1 is 1.17 bits per heavy atom. The van der Waals surface area contributed by atoms with Gasteiger partial charge in [-0.2, -0.15) is 4.68 Å². The third-order valence-electron chi connectivity index (χ3n) is 4.19. The van der Waals surface area contributed by atoms with Gasteiger partial charge in [0.2, 0.25) is 5.95 Å². The van der Waals surface area contributed by atoms with E-state index in [1.54, 1.807) is 4.68 Å². The molecule has 5 nitrogen and oxygen atoms in total. The van der Waals surface area contributed by atoms with Crippen LogP contribution in [0.15, 0.2) is 59.1 Å². The second-order valence-electron chi connectivity index (χ2n) is 5.70. The van der Waals surface area contributed by atoms with Gasteiger partial charge in [0, 0.05) is 10.2 Å². The van der Waals surface area contributed by atoms with Crippen LogP contribution in [0, 0.1) is 0 Å². The van der Waals surface area contributed by atoms with Crippen LogP contribution < -0.4 is 5.32 Å². The van der Waals surface area contributed by atoms with Crippen molar-refractivity contribution in [2.24, 2.45) is 0 Å². The van der Waals surface area contributed by atoms with Gasteiger partial charge < -0.3 is 5.32 Å². The fourth-order valence-corrected chi connectivity index (χ4v) is 3.29. The summed E-state index contributed by atoms with van der Waals surface area (Å²) >= 11 is 3.54. The van der Waals surface area contributed by atoms with Crippen molar-refractivity contribution >= 4 is 27.6 Å². The number of hydrogen-bond donors (Lipinski definition) is 1. The smallest absolute Gasteiger partial charge is 0.248 e. The van der Waals surface area contributed by atoms with Crippen LogP contribution in [-0.2, 0) is 6.42 Å². The molecule has 0 fully saturated rings. The first-order chi connectivity index (χ1) is 11.7. The third kappa shape index (κ3) is 2.73. The minimum Gasteiger partial charge on any atom is -0.323 e. The van der Waals surface area contributed by atoms with Crippen molar-refractivity contribution in [2.75, 3.05) is 5.32 Å². The fraction of sp³-hybridized carbons (Fsp3) is 0.167. The minimum absolute atomic E-state index is 0.0467. The Kier molecular flexibility index (Phi) is 3.90. The molecule has 120 valence electrons. The first kappa shape index (κ1) is 15.1. The zero-order valence-electron chi connectivity index (χ0n) is 13.1. The summed E-state index contributed by atoms with van der Waals surface area (Å²) in [5, 5.41) is 15.4. The number of fused-ring (bicyclic) bond motifs is 1. The maximum Gasteiger partial charge on any atom is 0.248 e. The molecule has 1 aliphatic heterocycles. The molecule has 4 rings (SSSR count). The molecule has 24 heavy (non-hydrogen) atoms. The number of allylic oxidation sites excluding steroid dienone is 1. The van der Waals surface area contributed by atoms with E-state index >= 15 is 0 Å². The van der Waals surface area contributed by atoms with Crippen LogP contribution in [0.3, 0.4) is 0 Å². The van der Waals surface area contributed by atoms with E-state index in [9.17, 15) is 0 Å². The van der Waals surface area contributed by atoms with Gasteiger partial charge in [-0.15, -0.1) is 0 Å². The van der Waals surface area contributed by atoms with Crippen LogP contribution in [0.25, 0.3) is 5.70 Å². The van der Waals surface area contributed by atoms with Crippen LogP contribution in [0.2, 0.25) is 0 Å². The van der Waals surface area contributed by atoms with E-state index in [4.69, 9.17) is 0 Å². The van der Waals surface area contributed by atoms with E-state index < -0.39 is 0 Å². The fourth-order valence-electron chi connectivity index (χ4n) is 2.87. The summed E-state index contributed by atoms with van der Waals surface area (Å²) in [6.07, 6.45) is 3.19. The number of aromatic nitrogens is 4. The lowest BCUT2D eigenvalue weighted by Crippen LogP contribution is -2.20. The molecule has 0 saturated heterocycles. The minimum atomic E-state index is -0.0467. The summed E-state index contributed by atoms with van der Waals surface area (Å²) in [6.45, 7) is 2.16. The van der Waals surface area contributed by atoms with E-state index in [-0.39, 0.29) is 6.04 Å². The molecule has 1 aliphatic rings. The Hall–Kier alpha value is -2.47. The van der Waals surface area contributed by atoms with Crippen molar-refractivity contribution in [2.45, 2.75) is 19.4 Å². The zero-order valence-corrected chi connectivity index (χ0v) is 14.7. The van der Waals surface area contributed by atoms with Gasteiger partial charge in [0.1, 0.15) is 6.04 Å². The highest BCUT2D eigenvalue weighted by Crippen LogP contribution is 2.32. The molecule has 0 aliphatic carbocycles. The number of aryl methyl sites for hydroxylation is 1. The zero-order chi connectivity index (χ0) is 16.5. The van der Waals surface area contributed by atoms with Gasteiger partial charge >= 0.3 is 0 Å². The first-order valence-corrected chi connectivity index (χ1v) is 8.65. The number of rotatable bonds is 3. The number of halogens is 1. The number of anilines is 1. The molecule has 2 aromatic carbocycles. The summed E-state index contributed by atoms with van der Waals surface area (Å²) in [5.74, 6) is 0.650. The van der Waals surface area contributed by atoms with E-state index in [0.29, 0.717) is 5.95 Å². The average molecular weight is 382 g/mol. The molecule has 1 atom stereocenters. The molecule has 1 aromatic heterocycles. The molecular formula is C18H16BrN5. The number of nitrogens with zero attached hydrogens (tertiary/aromatic N) is 4. The Bertz CT molecular complexity index is 898. The highest BCUT2D eigenvalue weighted by molar-refractivity contribution is 9.10. The van der Waals surface area contributed by atoms with Crippen LogP contribution in [-0.4, -0.2) is 20.2 Å². The lowest BCUT2D eigenvalue weighted by Gasteiger charge is -2.23. The normalized spacial score (nSPS) is 16.2. The Balaban J connectivity index is 1.78. The maximum absolute atomic E-state index is 4.13. The topological polar surface area (TPSA) is 55.6 Å². The molecular weight excluding hydrogens is 366 g/mol. The molecule has 1 unspecified atom stereocenters. The van der Waals surface area contributed by atoms with Gasteiger partial charge in [0.15, 0.2) is 0 Å². The predicted octanol–water partition coefficient (Wildman–Crippen LogP) is 4.05. The number of nitrogens with one attached hydrogen (secondary N) is 1. The quantitative estimate of drug-likeness (QED) is 0.743. The van der Waals surface area contributed by atoms with Gasteiger partial charge in [-0.3, -0.25) is 0 Å². The SMILES string of the molecule is CCc1ccc(C2=CC(c3cccc(Br)c3)n3nnnc3N2)cc1. The molecule has 3 aromatic rings. The Morgan fingerprint density at radius 3 is 2.75 bits per heavy atom. The van der Waals surface area contributed by atoms with Crippen molar-refractivity contribution in [3.63, 3.8) is 0 Å². The molecule has 6 heteroatoms. The van der Waals surface area contributed by atoms with Crippen LogP contribution >= 0.6 is 15.9 Å². The Labute approximate surface area is 148 Å². The molecule has 0 spiro atoms. The van der Waals surface area contributed by atoms with Crippen molar-refractivity contribution in [3.05, 3.63) is 75.8 Å². The molecule has 2 heterocycles. The van der Waals surface area contributed by atoms with E-state index in [0.717, 1.165) is 27.7 Å². The predicted molar refractivity (Wildman–Crippen MR) is 97.5 cm³/mol. The van der Waals surface area contributed by atoms with Crippen LogP contribution in [0.1, 0.15) is 29.7 Å². The van der Waals surface area contributed by atoms with Crippen molar-refractivity contribution in [3.8, 4) is 0 Å². The van der Waals surface area contributed by atoms with Gasteiger partial charge in [0.05, 0.1) is 0 Å². The van der Waals surface area contributed by atoms with Crippen molar-refractivity contribution in [1.82, 2.24) is 20.2 Å². The summed E-state index contributed by atoms with van der Waals surface area (Å²) in [5.41, 5.74) is 4.59. The molecule has 0 saturated carbocycles. The second kappa shape index (κ2) is 6.20. The van der Waals surface area contributed by atoms with E-state index in [1.807, 2.05) is 12.1 Å². The first-order valence-electron chi connectivity index (χ1n) is 7.86. The average Bonchev–Trinajstić information content (AvgIpc) is 3.09. The number of benzene rings is 2. The number of tetrazole rings is 1. The summed E-state index contributed by atoms with van der Waals surface area (Å²) in [7, 11) is 0. The summed E-state index contributed by atoms with van der Waals surface area (Å²) in [4.78, 5) is 0. The molecule has 0 bridgehead atoms. The largest absolute Gasteiger partial charge is 0.323 e. The monoisotopic (exact) mass is 381 g/mol. The third-order valence-corrected chi connectivity index (χ3v) is 4.68. The lowest BCUT2D eigenvalue weighted by atomic mass is 10.0. The van der Waals surface area contributed by atoms with Crippen LogP contribution in [0.5, 0.6) is 0 Å². The van der Waals surface area contributed by atoms with Gasteiger partial charge in [-0.1, -0.05) is 64.4 Å². The molecule has 0 radical (unpaired) electrons. The van der Waals surface area contributed by atoms with Crippen molar-refractivity contribution in [1.29, 1.82) is 0 Å². The Morgan fingerprint density at radius 2 is 2.00 bits per heavy atom.